The van der Waals surface area contributed by atoms with E-state index in [-0.39, 0.29) is 22.6 Å². The highest BCUT2D eigenvalue weighted by molar-refractivity contribution is 7.41. The van der Waals surface area contributed by atoms with E-state index in [1.807, 2.05) is 9.24 Å². The third kappa shape index (κ3) is 1.69. The Labute approximate surface area is 65.9 Å². The Kier molecular flexibility index (Phi) is 2.11. The number of aromatic hydroxyl groups is 2. The lowest BCUT2D eigenvalue weighted by Crippen LogP contribution is -1.87. The Hall–Kier alpha value is -1.08. The number of hydrogen-bond donors (Lipinski definition) is 2. The molecular weight excluding hydrogens is 163 g/mol. The van der Waals surface area contributed by atoms with E-state index in [2.05, 4.69) is 0 Å². The molecule has 1 atom stereocenters. The quantitative estimate of drug-likeness (QED) is 0.620. The van der Waals surface area contributed by atoms with E-state index in [0.717, 1.165) is 6.07 Å². The fourth-order valence-electron chi connectivity index (χ4n) is 0.728. The minimum atomic E-state index is -0.303. The average Bonchev–Trinajstić information content (AvgIpc) is 1.85. The highest BCUT2D eigenvalue weighted by Gasteiger charge is 2.05. The minimum absolute atomic E-state index is 0.0579. The summed E-state index contributed by atoms with van der Waals surface area (Å²) in [6.45, 7) is 0. The van der Waals surface area contributed by atoms with Gasteiger partial charge in [-0.25, -0.2) is 0 Å². The van der Waals surface area contributed by atoms with Crippen LogP contribution in [-0.2, 0) is 0 Å². The SMILES string of the molecule is O=C(P)c1ccc(O)cc1O. The van der Waals surface area contributed by atoms with Gasteiger partial charge in [-0.3, -0.25) is 4.79 Å². The van der Waals surface area contributed by atoms with Gasteiger partial charge in [0.15, 0.2) is 5.52 Å². The zero-order chi connectivity index (χ0) is 8.43. The lowest BCUT2D eigenvalue weighted by Gasteiger charge is -1.99. The monoisotopic (exact) mass is 170 g/mol. The molecule has 1 rings (SSSR count). The summed E-state index contributed by atoms with van der Waals surface area (Å²) >= 11 is 0. The van der Waals surface area contributed by atoms with Gasteiger partial charge in [-0.05, 0) is 12.1 Å². The molecule has 0 saturated carbocycles. The van der Waals surface area contributed by atoms with Crippen molar-refractivity contribution in [3.8, 4) is 11.5 Å². The summed E-state index contributed by atoms with van der Waals surface area (Å²) in [5.41, 5.74) is -0.115. The van der Waals surface area contributed by atoms with E-state index < -0.39 is 0 Å². The van der Waals surface area contributed by atoms with Crippen molar-refractivity contribution in [2.75, 3.05) is 0 Å². The maximum atomic E-state index is 10.7. The summed E-state index contributed by atoms with van der Waals surface area (Å²) in [6, 6.07) is 3.83. The minimum Gasteiger partial charge on any atom is -0.508 e. The zero-order valence-electron chi connectivity index (χ0n) is 5.61. The van der Waals surface area contributed by atoms with Gasteiger partial charge in [0.1, 0.15) is 11.5 Å². The van der Waals surface area contributed by atoms with Crippen LogP contribution in [0.4, 0.5) is 0 Å². The molecule has 4 heteroatoms. The number of phenols is 2. The topological polar surface area (TPSA) is 57.5 Å². The molecule has 0 radical (unpaired) electrons. The van der Waals surface area contributed by atoms with Crippen molar-refractivity contribution >= 4 is 14.8 Å². The molecule has 0 aliphatic carbocycles. The van der Waals surface area contributed by atoms with Gasteiger partial charge in [0.25, 0.3) is 0 Å². The molecule has 3 nitrogen and oxygen atoms in total. The van der Waals surface area contributed by atoms with Crippen LogP contribution in [0.2, 0.25) is 0 Å². The Bertz CT molecular complexity index is 296. The van der Waals surface area contributed by atoms with Crippen LogP contribution >= 0.6 is 9.24 Å². The number of carbonyl (C=O) groups is 1. The van der Waals surface area contributed by atoms with E-state index in [4.69, 9.17) is 10.2 Å². The summed E-state index contributed by atoms with van der Waals surface area (Å²) in [4.78, 5) is 10.7. The van der Waals surface area contributed by atoms with Gasteiger partial charge < -0.3 is 10.2 Å². The second kappa shape index (κ2) is 2.89. The van der Waals surface area contributed by atoms with E-state index in [0.29, 0.717) is 0 Å². The molecule has 0 amide bonds. The number of benzene rings is 1. The maximum absolute atomic E-state index is 10.7. The van der Waals surface area contributed by atoms with Crippen molar-refractivity contribution in [1.82, 2.24) is 0 Å². The normalized spacial score (nSPS) is 9.55. The van der Waals surface area contributed by atoms with Gasteiger partial charge in [0, 0.05) is 6.07 Å². The Morgan fingerprint density at radius 1 is 1.36 bits per heavy atom. The van der Waals surface area contributed by atoms with Gasteiger partial charge in [-0.15, -0.1) is 0 Å². The Morgan fingerprint density at radius 2 is 2.00 bits per heavy atom. The standard InChI is InChI=1S/C7H7O3P/c8-4-1-2-5(7(10)11)6(9)3-4/h1-3,8-9H,11H2. The van der Waals surface area contributed by atoms with Gasteiger partial charge >= 0.3 is 0 Å². The van der Waals surface area contributed by atoms with Crippen molar-refractivity contribution in [2.45, 2.75) is 0 Å². The Balaban J connectivity index is 3.20. The van der Waals surface area contributed by atoms with E-state index >= 15 is 0 Å². The zero-order valence-corrected chi connectivity index (χ0v) is 6.77. The molecule has 1 unspecified atom stereocenters. The number of hydrogen-bond acceptors (Lipinski definition) is 3. The molecule has 2 N–H and O–H groups in total. The van der Waals surface area contributed by atoms with E-state index in [1.54, 1.807) is 0 Å². The molecule has 0 spiro atoms. The summed E-state index contributed by atoms with van der Waals surface area (Å²) in [7, 11) is 1.94. The first-order valence-corrected chi connectivity index (χ1v) is 3.51. The van der Waals surface area contributed by atoms with Gasteiger partial charge in [-0.2, -0.15) is 0 Å². The van der Waals surface area contributed by atoms with Crippen LogP contribution in [0, 0.1) is 0 Å². The number of phenolic OH excluding ortho intramolecular Hbond substituents is 2. The summed E-state index contributed by atoms with van der Waals surface area (Å²) in [5, 5.41) is 17.9. The van der Waals surface area contributed by atoms with Crippen LogP contribution in [0.15, 0.2) is 18.2 Å². The molecule has 0 heterocycles. The first-order valence-electron chi connectivity index (χ1n) is 2.93. The van der Waals surface area contributed by atoms with Gasteiger partial charge in [-0.1, -0.05) is 9.24 Å². The second-order valence-electron chi connectivity index (χ2n) is 2.07. The molecule has 0 aliphatic heterocycles. The fourth-order valence-corrected chi connectivity index (χ4v) is 0.973. The van der Waals surface area contributed by atoms with Crippen molar-refractivity contribution in [3.63, 3.8) is 0 Å². The first kappa shape index (κ1) is 8.02. The van der Waals surface area contributed by atoms with E-state index in [1.165, 1.54) is 12.1 Å². The lowest BCUT2D eigenvalue weighted by molar-refractivity contribution is 0.108. The predicted octanol–water partition coefficient (Wildman–Crippen LogP) is 1.11. The third-order valence-electron chi connectivity index (χ3n) is 1.25. The number of rotatable bonds is 1. The Morgan fingerprint density at radius 3 is 2.45 bits per heavy atom. The van der Waals surface area contributed by atoms with E-state index in [9.17, 15) is 4.79 Å². The fraction of sp³-hybridized carbons (Fsp3) is 0. The second-order valence-corrected chi connectivity index (χ2v) is 2.59. The molecule has 58 valence electrons. The highest BCUT2D eigenvalue weighted by atomic mass is 31.0. The maximum Gasteiger partial charge on any atom is 0.181 e. The van der Waals surface area contributed by atoms with Crippen LogP contribution in [0.3, 0.4) is 0 Å². The molecular formula is C7H7O3P. The van der Waals surface area contributed by atoms with Crippen LogP contribution < -0.4 is 0 Å². The molecule has 0 fully saturated rings. The van der Waals surface area contributed by atoms with Crippen LogP contribution in [0.5, 0.6) is 11.5 Å². The highest BCUT2D eigenvalue weighted by Crippen LogP contribution is 2.24. The smallest absolute Gasteiger partial charge is 0.181 e. The van der Waals surface area contributed by atoms with Crippen LogP contribution in [0.25, 0.3) is 0 Å². The van der Waals surface area contributed by atoms with Crippen molar-refractivity contribution in [3.05, 3.63) is 23.8 Å². The molecule has 0 aromatic heterocycles. The molecule has 0 saturated heterocycles. The molecule has 0 bridgehead atoms. The lowest BCUT2D eigenvalue weighted by atomic mass is 10.2. The summed E-state index contributed by atoms with van der Waals surface area (Å²) < 4.78 is 0. The average molecular weight is 170 g/mol. The summed E-state index contributed by atoms with van der Waals surface area (Å²) in [5.74, 6) is -0.262. The molecule has 11 heavy (non-hydrogen) atoms. The summed E-state index contributed by atoms with van der Waals surface area (Å²) in [6.07, 6.45) is 0. The molecule has 1 aromatic rings. The predicted molar refractivity (Wildman–Crippen MR) is 43.8 cm³/mol. The van der Waals surface area contributed by atoms with Gasteiger partial charge in [0.05, 0.1) is 5.56 Å². The first-order chi connectivity index (χ1) is 5.11. The largest absolute Gasteiger partial charge is 0.508 e. The van der Waals surface area contributed by atoms with Crippen LogP contribution in [-0.4, -0.2) is 15.7 Å². The molecule has 1 aromatic carbocycles. The van der Waals surface area contributed by atoms with Crippen molar-refractivity contribution in [2.24, 2.45) is 0 Å². The third-order valence-corrected chi connectivity index (χ3v) is 1.56. The molecule has 0 aliphatic rings. The van der Waals surface area contributed by atoms with Crippen molar-refractivity contribution in [1.29, 1.82) is 0 Å². The van der Waals surface area contributed by atoms with Crippen molar-refractivity contribution < 1.29 is 15.0 Å². The van der Waals surface area contributed by atoms with Gasteiger partial charge in [0.2, 0.25) is 0 Å². The van der Waals surface area contributed by atoms with Crippen LogP contribution in [0.1, 0.15) is 10.4 Å². The number of carbonyl (C=O) groups excluding carboxylic acids is 1.